The molecule has 4 heteroatoms. The van der Waals surface area contributed by atoms with E-state index in [1.807, 2.05) is 17.0 Å². The number of pyridine rings is 1. The summed E-state index contributed by atoms with van der Waals surface area (Å²) in [5, 5.41) is 9.34. The minimum atomic E-state index is -1.16. The number of hydrogen-bond acceptors (Lipinski definition) is 3. The highest BCUT2D eigenvalue weighted by Gasteiger charge is 2.27. The summed E-state index contributed by atoms with van der Waals surface area (Å²) >= 11 is 0. The molecule has 1 aromatic heterocycles. The third-order valence-electron chi connectivity index (χ3n) is 3.23. The highest BCUT2D eigenvalue weighted by molar-refractivity contribution is 5.45. The lowest BCUT2D eigenvalue weighted by atomic mass is 10.1. The van der Waals surface area contributed by atoms with Crippen molar-refractivity contribution in [3.05, 3.63) is 24.0 Å². The zero-order valence-corrected chi connectivity index (χ0v) is 10.3. The van der Waals surface area contributed by atoms with Crippen molar-refractivity contribution >= 4 is 5.69 Å². The maximum Gasteiger partial charge on any atom is 0.143 e. The van der Waals surface area contributed by atoms with E-state index in [0.29, 0.717) is 18.9 Å². The van der Waals surface area contributed by atoms with Gasteiger partial charge < -0.3 is 10.0 Å². The van der Waals surface area contributed by atoms with E-state index in [1.54, 1.807) is 6.20 Å². The van der Waals surface area contributed by atoms with Gasteiger partial charge >= 0.3 is 0 Å². The van der Waals surface area contributed by atoms with Crippen LogP contribution in [-0.2, 0) is 0 Å². The van der Waals surface area contributed by atoms with E-state index in [4.69, 9.17) is 0 Å². The van der Waals surface area contributed by atoms with Gasteiger partial charge in [0.05, 0.1) is 24.5 Å². The molecule has 0 aromatic carbocycles. The van der Waals surface area contributed by atoms with Gasteiger partial charge in [-0.1, -0.05) is 13.8 Å². The van der Waals surface area contributed by atoms with E-state index in [2.05, 4.69) is 18.8 Å². The van der Waals surface area contributed by atoms with Gasteiger partial charge in [-0.25, -0.2) is 4.39 Å². The Bertz CT molecular complexity index is 366. The van der Waals surface area contributed by atoms with Crippen LogP contribution in [0.2, 0.25) is 0 Å². The van der Waals surface area contributed by atoms with Crippen molar-refractivity contribution in [1.82, 2.24) is 4.98 Å². The summed E-state index contributed by atoms with van der Waals surface area (Å²) in [5.74, 6) is 0.404. The molecular formula is C13H19FN2O. The third kappa shape index (κ3) is 2.75. The van der Waals surface area contributed by atoms with Crippen LogP contribution < -0.4 is 4.90 Å². The summed E-state index contributed by atoms with van der Waals surface area (Å²) < 4.78 is 13.4. The molecule has 17 heavy (non-hydrogen) atoms. The van der Waals surface area contributed by atoms with Gasteiger partial charge in [-0.05, 0) is 24.5 Å². The van der Waals surface area contributed by atoms with Crippen molar-refractivity contribution in [2.75, 3.05) is 18.0 Å². The minimum Gasteiger partial charge on any atom is -0.390 e. The maximum atomic E-state index is 13.4. The van der Waals surface area contributed by atoms with E-state index < -0.39 is 12.3 Å². The smallest absolute Gasteiger partial charge is 0.143 e. The zero-order valence-electron chi connectivity index (χ0n) is 10.3. The number of alkyl halides is 1. The molecule has 0 bridgehead atoms. The number of nitrogens with zero attached hydrogens (tertiary/aromatic N) is 2. The Kier molecular flexibility index (Phi) is 3.62. The predicted octanol–water partition coefficient (Wildman–Crippen LogP) is 2.11. The zero-order chi connectivity index (χ0) is 12.4. The Morgan fingerprint density at radius 1 is 1.47 bits per heavy atom. The Morgan fingerprint density at radius 3 is 2.76 bits per heavy atom. The second-order valence-corrected chi connectivity index (χ2v) is 4.91. The summed E-state index contributed by atoms with van der Waals surface area (Å²) in [6, 6.07) is 3.96. The van der Waals surface area contributed by atoms with Crippen LogP contribution in [0.4, 0.5) is 10.1 Å². The maximum absolute atomic E-state index is 13.4. The van der Waals surface area contributed by atoms with Crippen LogP contribution in [0.3, 0.4) is 0 Å². The lowest BCUT2D eigenvalue weighted by Gasteiger charge is -2.33. The van der Waals surface area contributed by atoms with Gasteiger partial charge in [0.25, 0.3) is 0 Å². The molecule has 0 spiro atoms. The van der Waals surface area contributed by atoms with Crippen LogP contribution in [0.15, 0.2) is 18.3 Å². The van der Waals surface area contributed by atoms with E-state index in [9.17, 15) is 9.50 Å². The quantitative estimate of drug-likeness (QED) is 0.857. The lowest BCUT2D eigenvalue weighted by molar-refractivity contribution is 0.0615. The van der Waals surface area contributed by atoms with Gasteiger partial charge in [-0.3, -0.25) is 4.98 Å². The standard InChI is InChI=1S/C13H19FN2O/c1-9(2)12-4-3-10(7-15-12)16-6-5-13(17)11(14)8-16/h3-4,7,9,11,13,17H,5-6,8H2,1-2H3/t11-,13-/m0/s1. The average Bonchev–Trinajstić information content (AvgIpc) is 2.33. The topological polar surface area (TPSA) is 36.4 Å². The molecule has 0 saturated carbocycles. The first-order valence-electron chi connectivity index (χ1n) is 6.11. The average molecular weight is 238 g/mol. The van der Waals surface area contributed by atoms with Crippen molar-refractivity contribution in [3.63, 3.8) is 0 Å². The summed E-state index contributed by atoms with van der Waals surface area (Å²) in [4.78, 5) is 6.31. The molecule has 0 aliphatic carbocycles. The molecule has 1 saturated heterocycles. The van der Waals surface area contributed by atoms with Crippen LogP contribution in [0, 0.1) is 0 Å². The number of piperidine rings is 1. The Labute approximate surface area is 101 Å². The molecule has 1 N–H and O–H groups in total. The van der Waals surface area contributed by atoms with Gasteiger partial charge in [0.1, 0.15) is 6.17 Å². The van der Waals surface area contributed by atoms with E-state index in [-0.39, 0.29) is 6.54 Å². The molecule has 2 rings (SSSR count). The van der Waals surface area contributed by atoms with E-state index in [0.717, 1.165) is 11.4 Å². The molecule has 1 aromatic rings. The van der Waals surface area contributed by atoms with Crippen LogP contribution in [0.25, 0.3) is 0 Å². The summed E-state index contributed by atoms with van der Waals surface area (Å²) in [6.45, 7) is 5.13. The van der Waals surface area contributed by atoms with Crippen molar-refractivity contribution in [2.45, 2.75) is 38.5 Å². The third-order valence-corrected chi connectivity index (χ3v) is 3.23. The largest absolute Gasteiger partial charge is 0.390 e. The Morgan fingerprint density at radius 2 is 2.24 bits per heavy atom. The fourth-order valence-corrected chi connectivity index (χ4v) is 2.05. The second kappa shape index (κ2) is 5.00. The minimum absolute atomic E-state index is 0.254. The van der Waals surface area contributed by atoms with Gasteiger partial charge in [-0.2, -0.15) is 0 Å². The summed E-state index contributed by atoms with van der Waals surface area (Å²) in [7, 11) is 0. The molecule has 1 aliphatic heterocycles. The number of hydrogen-bond donors (Lipinski definition) is 1. The normalized spacial score (nSPS) is 25.4. The summed E-state index contributed by atoms with van der Waals surface area (Å²) in [5.41, 5.74) is 1.98. The number of aliphatic hydroxyl groups excluding tert-OH is 1. The Balaban J connectivity index is 2.07. The highest BCUT2D eigenvalue weighted by Crippen LogP contribution is 2.22. The predicted molar refractivity (Wildman–Crippen MR) is 66.1 cm³/mol. The van der Waals surface area contributed by atoms with Crippen LogP contribution in [0.1, 0.15) is 31.9 Å². The number of aromatic nitrogens is 1. The van der Waals surface area contributed by atoms with Crippen LogP contribution >= 0.6 is 0 Å². The van der Waals surface area contributed by atoms with Gasteiger partial charge in [0.15, 0.2) is 0 Å². The molecule has 1 aliphatic rings. The lowest BCUT2D eigenvalue weighted by Crippen LogP contribution is -2.44. The van der Waals surface area contributed by atoms with Crippen molar-refractivity contribution < 1.29 is 9.50 Å². The van der Waals surface area contributed by atoms with Crippen molar-refractivity contribution in [2.24, 2.45) is 0 Å². The van der Waals surface area contributed by atoms with Crippen molar-refractivity contribution in [1.29, 1.82) is 0 Å². The van der Waals surface area contributed by atoms with Crippen molar-refractivity contribution in [3.8, 4) is 0 Å². The number of aliphatic hydroxyl groups is 1. The Hall–Kier alpha value is -1.16. The van der Waals surface area contributed by atoms with Gasteiger partial charge in [0.2, 0.25) is 0 Å². The number of rotatable bonds is 2. The molecular weight excluding hydrogens is 219 g/mol. The van der Waals surface area contributed by atoms with E-state index in [1.165, 1.54) is 0 Å². The number of anilines is 1. The van der Waals surface area contributed by atoms with E-state index >= 15 is 0 Å². The molecule has 0 radical (unpaired) electrons. The van der Waals surface area contributed by atoms with Crippen LogP contribution in [0.5, 0.6) is 0 Å². The van der Waals surface area contributed by atoms with Gasteiger partial charge in [0, 0.05) is 12.2 Å². The molecule has 0 amide bonds. The fraction of sp³-hybridized carbons (Fsp3) is 0.615. The first-order valence-corrected chi connectivity index (χ1v) is 6.11. The highest BCUT2D eigenvalue weighted by atomic mass is 19.1. The molecule has 0 unspecified atom stereocenters. The first kappa shape index (κ1) is 12.3. The van der Waals surface area contributed by atoms with Gasteiger partial charge in [-0.15, -0.1) is 0 Å². The van der Waals surface area contributed by atoms with Crippen LogP contribution in [-0.4, -0.2) is 35.5 Å². The monoisotopic (exact) mass is 238 g/mol. The molecule has 3 nitrogen and oxygen atoms in total. The SMILES string of the molecule is CC(C)c1ccc(N2CC[C@H](O)[C@@H](F)C2)cn1. The number of halogens is 1. The molecule has 2 atom stereocenters. The second-order valence-electron chi connectivity index (χ2n) is 4.91. The molecule has 1 fully saturated rings. The first-order chi connectivity index (χ1) is 8.08. The molecule has 2 heterocycles. The molecule has 94 valence electrons. The summed E-state index contributed by atoms with van der Waals surface area (Å²) in [6.07, 6.45) is 0.301. The fourth-order valence-electron chi connectivity index (χ4n) is 2.05.